The third-order valence-corrected chi connectivity index (χ3v) is 4.02. The molecular formula is C17H18N2O4. The zero-order valence-corrected chi connectivity index (χ0v) is 12.8. The molecule has 6 nitrogen and oxygen atoms in total. The van der Waals surface area contributed by atoms with Crippen molar-refractivity contribution in [3.05, 3.63) is 48.6 Å². The number of imide groups is 2. The van der Waals surface area contributed by atoms with Crippen molar-refractivity contribution in [2.75, 3.05) is 0 Å². The number of ketones is 1. The number of hydrogen-bond donors (Lipinski definition) is 2. The Morgan fingerprint density at radius 3 is 2.22 bits per heavy atom. The first-order chi connectivity index (χ1) is 10.9. The smallest absolute Gasteiger partial charge is 0.300 e. The molecule has 2 N–H and O–H groups in total. The summed E-state index contributed by atoms with van der Waals surface area (Å²) in [6, 6.07) is 8.01. The lowest BCUT2D eigenvalue weighted by Crippen LogP contribution is -2.64. The molecule has 1 aromatic rings. The van der Waals surface area contributed by atoms with Crippen LogP contribution in [-0.4, -0.2) is 23.6 Å². The summed E-state index contributed by atoms with van der Waals surface area (Å²) in [4.78, 5) is 48.3. The van der Waals surface area contributed by atoms with E-state index in [1.165, 1.54) is 13.0 Å². The van der Waals surface area contributed by atoms with Crippen molar-refractivity contribution in [2.24, 2.45) is 5.41 Å². The molecule has 0 bridgehead atoms. The molecule has 1 saturated heterocycles. The summed E-state index contributed by atoms with van der Waals surface area (Å²) in [5.41, 5.74) is -0.896. The molecular weight excluding hydrogens is 296 g/mol. The van der Waals surface area contributed by atoms with Crippen LogP contribution < -0.4 is 10.6 Å². The van der Waals surface area contributed by atoms with Crippen molar-refractivity contribution >= 4 is 23.6 Å². The van der Waals surface area contributed by atoms with E-state index in [1.807, 2.05) is 0 Å². The van der Waals surface area contributed by atoms with E-state index in [2.05, 4.69) is 17.2 Å². The number of allylic oxidation sites excluding steroid dienone is 1. The summed E-state index contributed by atoms with van der Waals surface area (Å²) in [7, 11) is 0. The van der Waals surface area contributed by atoms with Gasteiger partial charge in [-0.1, -0.05) is 36.4 Å². The lowest BCUT2D eigenvalue weighted by molar-refractivity contribution is -0.146. The van der Waals surface area contributed by atoms with Crippen LogP contribution in [0.2, 0.25) is 0 Å². The molecule has 0 spiro atoms. The van der Waals surface area contributed by atoms with Crippen molar-refractivity contribution in [1.29, 1.82) is 0 Å². The Labute approximate surface area is 133 Å². The largest absolute Gasteiger partial charge is 0.328 e. The SMILES string of the molecule is C=CCC1(C(CC(C)=O)c2ccccc2)C(=O)NC(=O)NC1=O. The molecule has 2 rings (SSSR count). The van der Waals surface area contributed by atoms with Gasteiger partial charge in [0.1, 0.15) is 11.2 Å². The number of benzene rings is 1. The topological polar surface area (TPSA) is 92.3 Å². The number of rotatable bonds is 6. The van der Waals surface area contributed by atoms with Crippen LogP contribution in [0.25, 0.3) is 0 Å². The van der Waals surface area contributed by atoms with Crippen LogP contribution in [0, 0.1) is 5.41 Å². The third kappa shape index (κ3) is 3.06. The number of Topliss-reactive ketones (excluding diaryl/α,β-unsaturated/α-hetero) is 1. The average Bonchev–Trinajstić information content (AvgIpc) is 2.49. The zero-order chi connectivity index (χ0) is 17.0. The summed E-state index contributed by atoms with van der Waals surface area (Å²) < 4.78 is 0. The van der Waals surface area contributed by atoms with Crippen molar-refractivity contribution < 1.29 is 19.2 Å². The maximum absolute atomic E-state index is 12.6. The number of hydrogen-bond acceptors (Lipinski definition) is 4. The van der Waals surface area contributed by atoms with Crippen LogP contribution in [0.4, 0.5) is 4.79 Å². The molecule has 0 saturated carbocycles. The minimum Gasteiger partial charge on any atom is -0.300 e. The Hall–Kier alpha value is -2.76. The van der Waals surface area contributed by atoms with E-state index in [-0.39, 0.29) is 18.6 Å². The molecule has 0 aliphatic carbocycles. The van der Waals surface area contributed by atoms with E-state index in [4.69, 9.17) is 0 Å². The van der Waals surface area contributed by atoms with Crippen molar-refractivity contribution in [1.82, 2.24) is 10.6 Å². The molecule has 120 valence electrons. The second-order valence-corrected chi connectivity index (χ2v) is 5.57. The maximum atomic E-state index is 12.6. The highest BCUT2D eigenvalue weighted by Crippen LogP contribution is 2.43. The van der Waals surface area contributed by atoms with E-state index in [1.54, 1.807) is 30.3 Å². The molecule has 0 aromatic heterocycles. The summed E-state index contributed by atoms with van der Waals surface area (Å²) >= 11 is 0. The van der Waals surface area contributed by atoms with Gasteiger partial charge < -0.3 is 4.79 Å². The van der Waals surface area contributed by atoms with Gasteiger partial charge in [0.25, 0.3) is 0 Å². The molecule has 1 aliphatic rings. The highest BCUT2D eigenvalue weighted by atomic mass is 16.2. The van der Waals surface area contributed by atoms with E-state index >= 15 is 0 Å². The Morgan fingerprint density at radius 1 is 1.17 bits per heavy atom. The summed E-state index contributed by atoms with van der Waals surface area (Å²) in [6.45, 7) is 5.02. The molecule has 1 aromatic carbocycles. The molecule has 23 heavy (non-hydrogen) atoms. The van der Waals surface area contributed by atoms with Gasteiger partial charge >= 0.3 is 6.03 Å². The third-order valence-electron chi connectivity index (χ3n) is 4.02. The predicted molar refractivity (Wildman–Crippen MR) is 83.4 cm³/mol. The molecule has 0 radical (unpaired) electrons. The molecule has 4 amide bonds. The van der Waals surface area contributed by atoms with Crippen LogP contribution in [0.15, 0.2) is 43.0 Å². The Bertz CT molecular complexity index is 646. The Morgan fingerprint density at radius 2 is 1.74 bits per heavy atom. The van der Waals surface area contributed by atoms with Gasteiger partial charge in [0.15, 0.2) is 0 Å². The van der Waals surface area contributed by atoms with Gasteiger partial charge in [0.2, 0.25) is 11.8 Å². The van der Waals surface area contributed by atoms with Gasteiger partial charge in [-0.3, -0.25) is 20.2 Å². The maximum Gasteiger partial charge on any atom is 0.328 e. The monoisotopic (exact) mass is 314 g/mol. The Balaban J connectivity index is 2.60. The molecule has 1 aliphatic heterocycles. The summed E-state index contributed by atoms with van der Waals surface area (Å²) in [5.74, 6) is -2.26. The van der Waals surface area contributed by atoms with E-state index in [0.29, 0.717) is 5.56 Å². The second-order valence-electron chi connectivity index (χ2n) is 5.57. The highest BCUT2D eigenvalue weighted by molar-refractivity contribution is 6.20. The first-order valence-corrected chi connectivity index (χ1v) is 7.24. The quantitative estimate of drug-likeness (QED) is 0.617. The molecule has 1 fully saturated rings. The normalized spacial score (nSPS) is 17.9. The van der Waals surface area contributed by atoms with Crippen LogP contribution >= 0.6 is 0 Å². The molecule has 1 atom stereocenters. The molecule has 1 unspecified atom stereocenters. The second kappa shape index (κ2) is 6.56. The average molecular weight is 314 g/mol. The van der Waals surface area contributed by atoms with E-state index in [0.717, 1.165) is 0 Å². The zero-order valence-electron chi connectivity index (χ0n) is 12.8. The van der Waals surface area contributed by atoms with E-state index < -0.39 is 29.2 Å². The predicted octanol–water partition coefficient (Wildman–Crippen LogP) is 1.68. The fraction of sp³-hybridized carbons (Fsp3) is 0.294. The number of carbonyl (C=O) groups excluding carboxylic acids is 4. The summed E-state index contributed by atoms with van der Waals surface area (Å²) in [6.07, 6.45) is 1.47. The van der Waals surface area contributed by atoms with Crippen molar-refractivity contribution in [3.8, 4) is 0 Å². The first kappa shape index (κ1) is 16.6. The van der Waals surface area contributed by atoms with Gasteiger partial charge in [-0.25, -0.2) is 4.79 Å². The Kier molecular flexibility index (Phi) is 4.74. The molecule has 1 heterocycles. The number of urea groups is 1. The van der Waals surface area contributed by atoms with Crippen LogP contribution in [-0.2, 0) is 14.4 Å². The van der Waals surface area contributed by atoms with Gasteiger partial charge in [-0.15, -0.1) is 6.58 Å². The number of carbonyl (C=O) groups is 4. The van der Waals surface area contributed by atoms with Crippen LogP contribution in [0.3, 0.4) is 0 Å². The number of barbiturate groups is 1. The summed E-state index contributed by atoms with van der Waals surface area (Å²) in [5, 5.41) is 4.28. The number of nitrogens with one attached hydrogen (secondary N) is 2. The lowest BCUT2D eigenvalue weighted by Gasteiger charge is -2.39. The standard InChI is InChI=1S/C17H18N2O4/c1-3-9-17(14(21)18-16(23)19-15(17)22)13(10-11(2)20)12-7-5-4-6-8-12/h3-8,13H,1,9-10H2,2H3,(H2,18,19,21,22,23). The minimum atomic E-state index is -1.58. The first-order valence-electron chi connectivity index (χ1n) is 7.24. The number of amides is 4. The molecule has 6 heteroatoms. The van der Waals surface area contributed by atoms with E-state index in [9.17, 15) is 19.2 Å². The van der Waals surface area contributed by atoms with Crippen molar-refractivity contribution in [3.63, 3.8) is 0 Å². The van der Waals surface area contributed by atoms with Crippen LogP contribution in [0.5, 0.6) is 0 Å². The lowest BCUT2D eigenvalue weighted by atomic mass is 9.66. The van der Waals surface area contributed by atoms with Gasteiger partial charge in [0.05, 0.1) is 0 Å². The van der Waals surface area contributed by atoms with Gasteiger partial charge in [0, 0.05) is 12.3 Å². The minimum absolute atomic E-state index is 0.00683. The van der Waals surface area contributed by atoms with Gasteiger partial charge in [-0.2, -0.15) is 0 Å². The van der Waals surface area contributed by atoms with Crippen molar-refractivity contribution in [2.45, 2.75) is 25.7 Å². The van der Waals surface area contributed by atoms with Crippen LogP contribution in [0.1, 0.15) is 31.2 Å². The highest BCUT2D eigenvalue weighted by Gasteiger charge is 2.55. The fourth-order valence-corrected chi connectivity index (χ4v) is 2.98. The fourth-order valence-electron chi connectivity index (χ4n) is 2.98. The van der Waals surface area contributed by atoms with Gasteiger partial charge in [-0.05, 0) is 18.9 Å².